The average Bonchev–Trinajstić information content (AvgIpc) is 0.881. The zero-order valence-corrected chi connectivity index (χ0v) is 105. The van der Waals surface area contributed by atoms with E-state index in [0.29, 0.717) is 13.2 Å². The number of esters is 2. The van der Waals surface area contributed by atoms with Crippen molar-refractivity contribution in [1.29, 1.82) is 0 Å². The minimum absolute atomic E-state index is 0.132. The highest BCUT2D eigenvalue weighted by molar-refractivity contribution is 8.00. The van der Waals surface area contributed by atoms with Crippen LogP contribution in [0.25, 0.3) is 0 Å². The van der Waals surface area contributed by atoms with Crippen LogP contribution in [0.15, 0.2) is 243 Å². The van der Waals surface area contributed by atoms with Crippen LogP contribution in [0.4, 0.5) is 0 Å². The van der Waals surface area contributed by atoms with Crippen molar-refractivity contribution in [3.63, 3.8) is 0 Å². The lowest BCUT2D eigenvalue weighted by Crippen LogP contribution is -2.50. The van der Waals surface area contributed by atoms with Gasteiger partial charge in [0.2, 0.25) is 0 Å². The van der Waals surface area contributed by atoms with Gasteiger partial charge < -0.3 is 45.3 Å². The second kappa shape index (κ2) is 87.6. The summed E-state index contributed by atoms with van der Waals surface area (Å²) >= 11 is 12.6. The van der Waals surface area contributed by atoms with Gasteiger partial charge in [-0.05, 0) is 203 Å². The summed E-state index contributed by atoms with van der Waals surface area (Å²) in [7, 11) is 15.3. The molecule has 8 aromatic rings. The topological polar surface area (TPSA) is 52.6 Å². The number of unbranched alkanes of at least 4 members (excludes halogenated alkanes) is 3. The van der Waals surface area contributed by atoms with Crippen molar-refractivity contribution >= 4 is 82.5 Å². The van der Waals surface area contributed by atoms with Gasteiger partial charge in [-0.1, -0.05) is 317 Å². The molecule has 12 nitrogen and oxygen atoms in total. The van der Waals surface area contributed by atoms with Crippen molar-refractivity contribution < 1.29 is 54.9 Å². The molecule has 8 rings (SSSR count). The summed E-state index contributed by atoms with van der Waals surface area (Å²) in [5, 5.41) is 0. The molecule has 0 spiro atoms. The molecule has 0 N–H and O–H groups in total. The summed E-state index contributed by atoms with van der Waals surface area (Å²) in [5.74, 6) is 14.7. The molecule has 1 atom stereocenters. The first-order chi connectivity index (χ1) is 71.6. The number of rotatable bonds is 70. The Morgan fingerprint density at radius 1 is 0.235 bits per heavy atom. The molecule has 0 aliphatic carbocycles. The summed E-state index contributed by atoms with van der Waals surface area (Å²) in [6.45, 7) is 74.3. The van der Waals surface area contributed by atoms with E-state index in [4.69, 9.17) is 9.47 Å². The number of quaternary nitrogens is 8. The second-order valence-corrected chi connectivity index (χ2v) is 51.3. The van der Waals surface area contributed by atoms with Gasteiger partial charge in [0.15, 0.2) is 0 Å². The molecule has 0 bridgehead atoms. The SMILES string of the molecule is CC(=O)OCC[N+](C)(C)Cc1ccccc1.CC(C)(C)C(=O)OCC[N+](C)(C)Cc1ccccc1.CCCC[N+](CC)(CCC)CCSCCc1ccccc1.CCCC[N+](CC)(CCCC)CCSCc1ccccc1.CCC[N+](CC)(CCC)CCSCCc1ccccc1.CCC[N+](CC)(CCC)CCSCc1ccccc1.CC[N+](CC)(CC)CCSCCc1ccccc1.C[N+](C)(C)CCSCCc1ccccc1. The summed E-state index contributed by atoms with van der Waals surface area (Å²) in [6, 6.07) is 85.7. The van der Waals surface area contributed by atoms with Gasteiger partial charge >= 0.3 is 11.9 Å². The van der Waals surface area contributed by atoms with Gasteiger partial charge in [0.05, 0.1) is 192 Å². The average molecular weight is 2170 g/mol. The number of hydrogen-bond donors (Lipinski definition) is 0. The number of carbonyl (C=O) groups is 2. The maximum atomic E-state index is 11.7. The molecule has 0 saturated carbocycles. The van der Waals surface area contributed by atoms with E-state index in [2.05, 4.69) is 442 Å². The third-order valence-electron chi connectivity index (χ3n) is 28.8. The molecule has 0 aromatic heterocycles. The van der Waals surface area contributed by atoms with Gasteiger partial charge in [0.1, 0.15) is 39.4 Å². The van der Waals surface area contributed by atoms with Crippen LogP contribution in [0, 0.1) is 5.41 Å². The lowest BCUT2D eigenvalue weighted by molar-refractivity contribution is -0.924. The summed E-state index contributed by atoms with van der Waals surface area (Å²) in [4.78, 5) is 22.3. The molecule has 0 heterocycles. The fourth-order valence-corrected chi connectivity index (χ4v) is 25.2. The Kier molecular flexibility index (Phi) is 83.1. The smallest absolute Gasteiger partial charge is 0.311 e. The number of likely N-dealkylation sites (N-methyl/N-ethyl adjacent to an activating group) is 2. The van der Waals surface area contributed by atoms with Crippen LogP contribution in [0.5, 0.6) is 0 Å². The van der Waals surface area contributed by atoms with Crippen LogP contribution in [0.2, 0.25) is 0 Å². The number of benzene rings is 8. The molecule has 0 aliphatic rings. The minimum Gasteiger partial charge on any atom is -0.460 e. The third kappa shape index (κ3) is 72.8. The van der Waals surface area contributed by atoms with Crippen LogP contribution in [0.3, 0.4) is 0 Å². The Hall–Kier alpha value is -5.52. The lowest BCUT2D eigenvalue weighted by Gasteiger charge is -2.38. The zero-order chi connectivity index (χ0) is 110. The van der Waals surface area contributed by atoms with Gasteiger partial charge in [-0.2, -0.15) is 70.6 Å². The molecule has 842 valence electrons. The molecule has 1 unspecified atom stereocenters. The number of thioether (sulfide) groups is 6. The summed E-state index contributed by atoms with van der Waals surface area (Å²) in [6.07, 6.45) is 19.4. The van der Waals surface area contributed by atoms with Crippen LogP contribution >= 0.6 is 70.6 Å². The molecular weight excluding hydrogens is 1940 g/mol. The van der Waals surface area contributed by atoms with Crippen molar-refractivity contribution in [3.8, 4) is 0 Å². The Morgan fingerprint density at radius 2 is 0.450 bits per heavy atom. The van der Waals surface area contributed by atoms with Crippen molar-refractivity contribution in [2.45, 2.75) is 252 Å². The molecule has 149 heavy (non-hydrogen) atoms. The molecule has 0 aliphatic heterocycles. The van der Waals surface area contributed by atoms with Gasteiger partial charge in [0, 0.05) is 64.1 Å². The predicted molar refractivity (Wildman–Crippen MR) is 674 cm³/mol. The highest BCUT2D eigenvalue weighted by Crippen LogP contribution is 2.24. The van der Waals surface area contributed by atoms with Crippen molar-refractivity contribution in [3.05, 3.63) is 287 Å². The van der Waals surface area contributed by atoms with Gasteiger partial charge in [0.25, 0.3) is 0 Å². The fourth-order valence-electron chi connectivity index (χ4n) is 18.5. The van der Waals surface area contributed by atoms with Crippen molar-refractivity contribution in [2.24, 2.45) is 5.41 Å². The fraction of sp³-hybridized carbons (Fsp3) is 0.618. The molecule has 8 aromatic carbocycles. The first-order valence-corrected chi connectivity index (χ1v) is 65.3. The molecule has 0 saturated heterocycles. The Labute approximate surface area is 945 Å². The largest absolute Gasteiger partial charge is 0.460 e. The number of hydrogen-bond acceptors (Lipinski definition) is 10. The summed E-state index contributed by atoms with van der Waals surface area (Å²) in [5.41, 5.74) is 11.0. The predicted octanol–water partition coefficient (Wildman–Crippen LogP) is 30.7. The van der Waals surface area contributed by atoms with E-state index in [-0.39, 0.29) is 11.9 Å². The van der Waals surface area contributed by atoms with Crippen LogP contribution in [-0.4, -0.2) is 318 Å². The van der Waals surface area contributed by atoms with E-state index < -0.39 is 5.41 Å². The first-order valence-electron chi connectivity index (χ1n) is 58.4. The molecule has 0 amide bonds. The second-order valence-electron chi connectivity index (χ2n) is 44.2. The van der Waals surface area contributed by atoms with Crippen molar-refractivity contribution in [2.75, 3.05) is 271 Å². The standard InChI is InChI=1S/2C19H34NS.C18H32NS.C17H30NS.C16H26NO2.C16H28NS.C13H20NO2.C13H22NS/c1-4-7-15-20(6-3,14-5-2)16-18-21-17-13-19-11-9-8-10-12-19;1-4-7-14-20(6-3,15-8-5-2)16-17-21-18-19-12-10-9-11-13-19;1-4-13-19(6-3,14-5-2)15-17-20-16-12-18-10-8-7-9-11-18;1-4-12-18(6-3,13-5-2)14-15-19-16-17-10-8-7-9-11-17;1-16(2,3)15(18)19-12-11-17(4,5)13-14-9-7-6-8-10-14;1-4-17(5-2,6-3)13-15-18-14-12-16-10-8-7-9-11-16;1-12(15)16-10-9-14(2,3)11-13-7-5-4-6-8-13;1-14(2,3)10-12-15-11-9-13-7-5-4-6-8-13/h8-12H,4-7,13-18H2,1-3H3;9-13H,4-8,14-18H2,1-3H3;7-11H,4-6,12-17H2,1-3H3;7-11H,4-6,12-16H2,1-3H3;6-10H,11-13H2,1-5H3;7-11H,4-6,12-15H2,1-3H3;4-8H,9-11H2,1-3H3;4-8H,9-12H2,1-3H3/q8*+1. The van der Waals surface area contributed by atoms with Crippen LogP contribution in [0.1, 0.15) is 247 Å². The zero-order valence-electron chi connectivity index (χ0n) is 100. The molecule has 0 fully saturated rings. The Balaban J connectivity index is 0.000000853. The van der Waals surface area contributed by atoms with E-state index in [1.807, 2.05) is 45.0 Å². The monoisotopic (exact) mass is 2170 g/mol. The Morgan fingerprint density at radius 3 is 0.678 bits per heavy atom. The number of nitrogens with zero attached hydrogens (tertiary/aromatic N) is 8. The van der Waals surface area contributed by atoms with E-state index >= 15 is 0 Å². The maximum absolute atomic E-state index is 11.7. The van der Waals surface area contributed by atoms with E-state index in [1.165, 1.54) is 365 Å². The first kappa shape index (κ1) is 141. The minimum atomic E-state index is -0.420. The normalized spacial score (nSPS) is 12.1. The summed E-state index contributed by atoms with van der Waals surface area (Å²) < 4.78 is 19.6. The maximum Gasteiger partial charge on any atom is 0.311 e. The van der Waals surface area contributed by atoms with Gasteiger partial charge in [-0.3, -0.25) is 9.59 Å². The van der Waals surface area contributed by atoms with Crippen molar-refractivity contribution in [1.82, 2.24) is 0 Å². The highest BCUT2D eigenvalue weighted by atomic mass is 32.2. The number of ether oxygens (including phenoxy) is 2. The lowest BCUT2D eigenvalue weighted by atomic mass is 9.97. The number of carbonyl (C=O) groups excluding carboxylic acids is 2. The number of aryl methyl sites for hydroxylation is 4. The van der Waals surface area contributed by atoms with E-state index in [9.17, 15) is 9.59 Å². The third-order valence-corrected chi connectivity index (χ3v) is 34.7. The Bertz CT molecular complexity index is 4320. The molecule has 0 radical (unpaired) electrons. The molecular formula is C131H226N8O4S6+8. The van der Waals surface area contributed by atoms with Crippen LogP contribution < -0.4 is 0 Å². The quantitative estimate of drug-likeness (QED) is 0.0209. The van der Waals surface area contributed by atoms with E-state index in [1.54, 1.807) is 0 Å². The van der Waals surface area contributed by atoms with Crippen LogP contribution in [-0.2, 0) is 69.3 Å². The molecule has 18 heteroatoms. The van der Waals surface area contributed by atoms with Gasteiger partial charge in [-0.15, -0.1) is 0 Å². The van der Waals surface area contributed by atoms with E-state index in [0.717, 1.165) is 51.1 Å². The highest BCUT2D eigenvalue weighted by Gasteiger charge is 2.30. The van der Waals surface area contributed by atoms with Gasteiger partial charge in [-0.25, -0.2) is 0 Å².